The Morgan fingerprint density at radius 2 is 1.87 bits per heavy atom. The number of aromatic nitrogens is 2. The van der Waals surface area contributed by atoms with Crippen LogP contribution in [0.1, 0.15) is 10.4 Å². The Labute approximate surface area is 94.5 Å². The second kappa shape index (κ2) is 3.64. The molecular formula is C9H4Cl2N2O2. The monoisotopic (exact) mass is 242 g/mol. The summed E-state index contributed by atoms with van der Waals surface area (Å²) in [6.07, 6.45) is 0. The van der Waals surface area contributed by atoms with Crippen LogP contribution in [0.5, 0.6) is 0 Å². The third-order valence-electron chi connectivity index (χ3n) is 1.84. The van der Waals surface area contributed by atoms with E-state index in [-0.39, 0.29) is 21.4 Å². The highest BCUT2D eigenvalue weighted by molar-refractivity contribution is 6.40. The zero-order valence-electron chi connectivity index (χ0n) is 7.24. The third-order valence-corrected chi connectivity index (χ3v) is 2.47. The average Bonchev–Trinajstić information content (AvgIpc) is 2.18. The summed E-state index contributed by atoms with van der Waals surface area (Å²) in [5.41, 5.74) is 0.697. The van der Waals surface area contributed by atoms with Gasteiger partial charge in [-0.05, 0) is 12.1 Å². The molecule has 0 atom stereocenters. The molecule has 0 aliphatic rings. The molecule has 0 radical (unpaired) electrons. The highest BCUT2D eigenvalue weighted by Crippen LogP contribution is 2.23. The van der Waals surface area contributed by atoms with E-state index in [9.17, 15) is 4.79 Å². The third kappa shape index (κ3) is 1.73. The van der Waals surface area contributed by atoms with E-state index in [1.165, 1.54) is 6.07 Å². The van der Waals surface area contributed by atoms with Gasteiger partial charge in [-0.2, -0.15) is 0 Å². The smallest absolute Gasteiger partial charge is 0.337 e. The van der Waals surface area contributed by atoms with Gasteiger partial charge in [0.25, 0.3) is 0 Å². The van der Waals surface area contributed by atoms with Gasteiger partial charge in [0.2, 0.25) is 0 Å². The standard InChI is InChI=1S/C9H4Cl2N2O2/c10-7-8(11)13-6-4(9(14)15)2-1-3-5(6)12-7/h1-3H,(H,14,15). The second-order valence-corrected chi connectivity index (χ2v) is 3.50. The van der Waals surface area contributed by atoms with Crippen molar-refractivity contribution in [2.75, 3.05) is 0 Å². The summed E-state index contributed by atoms with van der Waals surface area (Å²) in [6, 6.07) is 4.63. The first kappa shape index (κ1) is 10.1. The van der Waals surface area contributed by atoms with Crippen molar-refractivity contribution < 1.29 is 9.90 Å². The minimum absolute atomic E-state index is 0.00198. The van der Waals surface area contributed by atoms with Crippen molar-refractivity contribution >= 4 is 40.2 Å². The summed E-state index contributed by atoms with van der Waals surface area (Å²) >= 11 is 11.3. The maximum Gasteiger partial charge on any atom is 0.337 e. The van der Waals surface area contributed by atoms with Gasteiger partial charge in [-0.1, -0.05) is 29.3 Å². The van der Waals surface area contributed by atoms with Crippen molar-refractivity contribution in [3.05, 3.63) is 34.1 Å². The number of hydrogen-bond acceptors (Lipinski definition) is 3. The molecule has 2 aromatic rings. The van der Waals surface area contributed by atoms with Crippen molar-refractivity contribution in [2.45, 2.75) is 0 Å². The van der Waals surface area contributed by atoms with Crippen LogP contribution in [-0.2, 0) is 0 Å². The molecule has 4 nitrogen and oxygen atoms in total. The first-order valence-corrected chi connectivity index (χ1v) is 4.70. The summed E-state index contributed by atoms with van der Waals surface area (Å²) in [6.45, 7) is 0. The molecule has 1 aromatic heterocycles. The molecule has 0 saturated carbocycles. The van der Waals surface area contributed by atoms with Crippen LogP contribution >= 0.6 is 23.2 Å². The van der Waals surface area contributed by atoms with Crippen molar-refractivity contribution in [3.8, 4) is 0 Å². The van der Waals surface area contributed by atoms with Gasteiger partial charge >= 0.3 is 5.97 Å². The van der Waals surface area contributed by atoms with Gasteiger partial charge in [0.05, 0.1) is 11.1 Å². The van der Waals surface area contributed by atoms with Crippen molar-refractivity contribution in [2.24, 2.45) is 0 Å². The predicted molar refractivity (Wildman–Crippen MR) is 56.5 cm³/mol. The number of aromatic carboxylic acids is 1. The molecule has 1 aromatic carbocycles. The first-order chi connectivity index (χ1) is 7.09. The largest absolute Gasteiger partial charge is 0.478 e. The molecular weight excluding hydrogens is 239 g/mol. The quantitative estimate of drug-likeness (QED) is 0.836. The molecule has 2 rings (SSSR count). The maximum atomic E-state index is 10.9. The van der Waals surface area contributed by atoms with E-state index in [1.54, 1.807) is 12.1 Å². The number of hydrogen-bond donors (Lipinski definition) is 1. The number of nitrogens with zero attached hydrogens (tertiary/aromatic N) is 2. The number of rotatable bonds is 1. The van der Waals surface area contributed by atoms with Crippen LogP contribution in [0, 0.1) is 0 Å². The molecule has 15 heavy (non-hydrogen) atoms. The fourth-order valence-electron chi connectivity index (χ4n) is 1.21. The van der Waals surface area contributed by atoms with Crippen molar-refractivity contribution in [3.63, 3.8) is 0 Å². The van der Waals surface area contributed by atoms with E-state index in [0.29, 0.717) is 5.52 Å². The summed E-state index contributed by atoms with van der Waals surface area (Å²) < 4.78 is 0. The Hall–Kier alpha value is -1.39. The number of halogens is 2. The molecule has 76 valence electrons. The number of benzene rings is 1. The minimum atomic E-state index is -1.08. The van der Waals surface area contributed by atoms with Crippen LogP contribution in [0.25, 0.3) is 11.0 Å². The predicted octanol–water partition coefficient (Wildman–Crippen LogP) is 2.63. The number of carboxylic acid groups (broad SMARTS) is 1. The Kier molecular flexibility index (Phi) is 2.46. The SMILES string of the molecule is O=C(O)c1cccc2nc(Cl)c(Cl)nc12. The van der Waals surface area contributed by atoms with E-state index in [2.05, 4.69) is 9.97 Å². The van der Waals surface area contributed by atoms with Crippen molar-refractivity contribution in [1.29, 1.82) is 0 Å². The lowest BCUT2D eigenvalue weighted by Gasteiger charge is -2.02. The van der Waals surface area contributed by atoms with Gasteiger partial charge in [-0.25, -0.2) is 14.8 Å². The number of fused-ring (bicyclic) bond motifs is 1. The lowest BCUT2D eigenvalue weighted by atomic mass is 10.2. The first-order valence-electron chi connectivity index (χ1n) is 3.94. The van der Waals surface area contributed by atoms with Gasteiger partial charge in [0, 0.05) is 0 Å². The summed E-state index contributed by atoms with van der Waals surface area (Å²) in [7, 11) is 0. The molecule has 0 fully saturated rings. The van der Waals surface area contributed by atoms with Crippen molar-refractivity contribution in [1.82, 2.24) is 9.97 Å². The van der Waals surface area contributed by atoms with E-state index in [4.69, 9.17) is 28.3 Å². The second-order valence-electron chi connectivity index (χ2n) is 2.78. The number of para-hydroxylation sites is 1. The van der Waals surface area contributed by atoms with Crippen LogP contribution in [0.15, 0.2) is 18.2 Å². The van der Waals surface area contributed by atoms with Crippen LogP contribution in [0.3, 0.4) is 0 Å². The van der Waals surface area contributed by atoms with Crippen LogP contribution in [0.2, 0.25) is 10.3 Å². The molecule has 1 N–H and O–H groups in total. The molecule has 0 aliphatic heterocycles. The normalized spacial score (nSPS) is 10.5. The minimum Gasteiger partial charge on any atom is -0.478 e. The van der Waals surface area contributed by atoms with E-state index in [0.717, 1.165) is 0 Å². The fraction of sp³-hybridized carbons (Fsp3) is 0. The summed E-state index contributed by atoms with van der Waals surface area (Å²) in [5.74, 6) is -1.08. The topological polar surface area (TPSA) is 63.1 Å². The lowest BCUT2D eigenvalue weighted by Crippen LogP contribution is -2.00. The van der Waals surface area contributed by atoms with Gasteiger partial charge < -0.3 is 5.11 Å². The lowest BCUT2D eigenvalue weighted by molar-refractivity contribution is 0.0699. The molecule has 0 spiro atoms. The molecule has 1 heterocycles. The van der Waals surface area contributed by atoms with E-state index >= 15 is 0 Å². The van der Waals surface area contributed by atoms with Gasteiger partial charge in [-0.15, -0.1) is 0 Å². The van der Waals surface area contributed by atoms with Gasteiger partial charge in [0.15, 0.2) is 10.3 Å². The Balaban J connectivity index is 2.86. The summed E-state index contributed by atoms with van der Waals surface area (Å²) in [4.78, 5) is 18.7. The zero-order chi connectivity index (χ0) is 11.0. The summed E-state index contributed by atoms with van der Waals surface area (Å²) in [5, 5.41) is 8.96. The fourth-order valence-corrected chi connectivity index (χ4v) is 1.47. The Morgan fingerprint density at radius 1 is 1.20 bits per heavy atom. The van der Waals surface area contributed by atoms with Gasteiger partial charge in [0.1, 0.15) is 5.52 Å². The molecule has 0 amide bonds. The molecule has 0 bridgehead atoms. The van der Waals surface area contributed by atoms with Gasteiger partial charge in [-0.3, -0.25) is 0 Å². The Bertz CT molecular complexity index is 557. The average molecular weight is 243 g/mol. The Morgan fingerprint density at radius 3 is 2.53 bits per heavy atom. The molecule has 0 aliphatic carbocycles. The number of carboxylic acids is 1. The molecule has 6 heteroatoms. The van der Waals surface area contributed by atoms with E-state index < -0.39 is 5.97 Å². The maximum absolute atomic E-state index is 10.9. The van der Waals surface area contributed by atoms with Crippen LogP contribution in [-0.4, -0.2) is 21.0 Å². The van der Waals surface area contributed by atoms with Crippen LogP contribution < -0.4 is 0 Å². The number of carbonyl (C=O) groups is 1. The highest BCUT2D eigenvalue weighted by atomic mass is 35.5. The molecule has 0 unspecified atom stereocenters. The zero-order valence-corrected chi connectivity index (χ0v) is 8.75. The highest BCUT2D eigenvalue weighted by Gasteiger charge is 2.12. The van der Waals surface area contributed by atoms with E-state index in [1.807, 2.05) is 0 Å². The van der Waals surface area contributed by atoms with Crippen LogP contribution in [0.4, 0.5) is 0 Å². The molecule has 0 saturated heterocycles.